The van der Waals surface area contributed by atoms with Gasteiger partial charge in [0.05, 0.1) is 0 Å². The van der Waals surface area contributed by atoms with Crippen LogP contribution >= 0.6 is 31.9 Å². The lowest BCUT2D eigenvalue weighted by Crippen LogP contribution is -2.13. The van der Waals surface area contributed by atoms with Crippen LogP contribution in [0.3, 0.4) is 0 Å². The molecule has 0 aliphatic carbocycles. The summed E-state index contributed by atoms with van der Waals surface area (Å²) in [5.74, 6) is 0.913. The van der Waals surface area contributed by atoms with Crippen LogP contribution in [-0.2, 0) is 0 Å². The summed E-state index contributed by atoms with van der Waals surface area (Å²) in [4.78, 5) is 0.524. The van der Waals surface area contributed by atoms with Gasteiger partial charge in [0.15, 0.2) is 5.01 Å². The van der Waals surface area contributed by atoms with Gasteiger partial charge in [-0.2, -0.15) is 0 Å². The van der Waals surface area contributed by atoms with Crippen molar-refractivity contribution in [2.45, 2.75) is 36.0 Å². The second kappa shape index (κ2) is 7.29. The zero-order valence-electron chi connectivity index (χ0n) is 8.83. The minimum Gasteiger partial charge on any atom is -0.479 e. The molecule has 0 spiro atoms. The zero-order valence-corrected chi connectivity index (χ0v) is 12.0. The summed E-state index contributed by atoms with van der Waals surface area (Å²) in [6.45, 7) is 2.19. The largest absolute Gasteiger partial charge is 0.479 e. The van der Waals surface area contributed by atoms with Gasteiger partial charge in [-0.3, -0.25) is 0 Å². The monoisotopic (exact) mass is 334 g/mol. The Kier molecular flexibility index (Phi) is 6.34. The van der Waals surface area contributed by atoms with Crippen molar-refractivity contribution in [3.05, 3.63) is 30.3 Å². The molecule has 0 aromatic heterocycles. The van der Waals surface area contributed by atoms with Gasteiger partial charge < -0.3 is 4.74 Å². The van der Waals surface area contributed by atoms with Gasteiger partial charge in [0.25, 0.3) is 0 Å². The molecule has 15 heavy (non-hydrogen) atoms. The number of halogens is 2. The average Bonchev–Trinajstić information content (AvgIpc) is 2.19. The molecule has 0 amide bonds. The number of ether oxygens (including phenoxy) is 1. The van der Waals surface area contributed by atoms with E-state index in [4.69, 9.17) is 4.74 Å². The quantitative estimate of drug-likeness (QED) is 0.682. The Morgan fingerprint density at radius 2 is 1.87 bits per heavy atom. The predicted molar refractivity (Wildman–Crippen MR) is 72.0 cm³/mol. The highest BCUT2D eigenvalue weighted by molar-refractivity contribution is 9.10. The number of para-hydroxylation sites is 1. The Labute approximate surface area is 108 Å². The van der Waals surface area contributed by atoms with Gasteiger partial charge in [0, 0.05) is 11.2 Å². The topological polar surface area (TPSA) is 9.23 Å². The van der Waals surface area contributed by atoms with E-state index in [1.54, 1.807) is 0 Å². The van der Waals surface area contributed by atoms with E-state index in [1.807, 2.05) is 30.3 Å². The molecule has 1 nitrogen and oxygen atoms in total. The zero-order chi connectivity index (χ0) is 11.1. The van der Waals surface area contributed by atoms with Gasteiger partial charge >= 0.3 is 0 Å². The minimum atomic E-state index is 0.0795. The van der Waals surface area contributed by atoms with E-state index in [1.165, 1.54) is 12.8 Å². The highest BCUT2D eigenvalue weighted by Gasteiger charge is 2.11. The molecule has 0 bridgehead atoms. The highest BCUT2D eigenvalue weighted by atomic mass is 79.9. The summed E-state index contributed by atoms with van der Waals surface area (Å²) in [5.41, 5.74) is 0. The fraction of sp³-hybridized carbons (Fsp3) is 0.500. The van der Waals surface area contributed by atoms with Gasteiger partial charge in [0.1, 0.15) is 5.75 Å². The highest BCUT2D eigenvalue weighted by Crippen LogP contribution is 2.22. The molecule has 0 fully saturated rings. The summed E-state index contributed by atoms with van der Waals surface area (Å²) < 4.78 is 5.72. The maximum absolute atomic E-state index is 5.72. The van der Waals surface area contributed by atoms with E-state index in [0.717, 1.165) is 12.2 Å². The van der Waals surface area contributed by atoms with Crippen molar-refractivity contribution >= 4 is 31.9 Å². The van der Waals surface area contributed by atoms with E-state index in [-0.39, 0.29) is 5.01 Å². The van der Waals surface area contributed by atoms with Crippen LogP contribution in [-0.4, -0.2) is 9.84 Å². The van der Waals surface area contributed by atoms with Crippen LogP contribution in [0.5, 0.6) is 5.75 Å². The van der Waals surface area contributed by atoms with Gasteiger partial charge in [-0.25, -0.2) is 0 Å². The van der Waals surface area contributed by atoms with Crippen LogP contribution < -0.4 is 4.74 Å². The molecule has 2 atom stereocenters. The lowest BCUT2D eigenvalue weighted by molar-refractivity contribution is 0.281. The fourth-order valence-corrected chi connectivity index (χ4v) is 3.29. The van der Waals surface area contributed by atoms with E-state index in [9.17, 15) is 0 Å². The Morgan fingerprint density at radius 3 is 2.47 bits per heavy atom. The SMILES string of the molecule is CCCC(Br)CC(Br)Oc1ccccc1. The summed E-state index contributed by atoms with van der Waals surface area (Å²) in [6.07, 6.45) is 3.35. The smallest absolute Gasteiger partial charge is 0.154 e. The number of hydrogen-bond acceptors (Lipinski definition) is 1. The van der Waals surface area contributed by atoms with Crippen molar-refractivity contribution in [3.63, 3.8) is 0 Å². The number of alkyl halides is 2. The minimum absolute atomic E-state index is 0.0795. The van der Waals surface area contributed by atoms with Crippen molar-refractivity contribution in [1.29, 1.82) is 0 Å². The molecular weight excluding hydrogens is 320 g/mol. The molecule has 0 radical (unpaired) electrons. The average molecular weight is 336 g/mol. The van der Waals surface area contributed by atoms with Crippen molar-refractivity contribution in [2.75, 3.05) is 0 Å². The van der Waals surface area contributed by atoms with Gasteiger partial charge in [0.2, 0.25) is 0 Å². The first-order valence-corrected chi connectivity index (χ1v) is 7.05. The molecule has 1 rings (SSSR count). The third kappa shape index (κ3) is 5.57. The predicted octanol–water partition coefficient (Wildman–Crippen LogP) is 4.74. The Morgan fingerprint density at radius 1 is 1.20 bits per heavy atom. The fourth-order valence-electron chi connectivity index (χ4n) is 1.33. The summed E-state index contributed by atoms with van der Waals surface area (Å²) >= 11 is 7.17. The molecule has 2 unspecified atom stereocenters. The summed E-state index contributed by atoms with van der Waals surface area (Å²) in [7, 11) is 0. The van der Waals surface area contributed by atoms with Crippen LogP contribution in [0.25, 0.3) is 0 Å². The lowest BCUT2D eigenvalue weighted by atomic mass is 10.2. The molecule has 0 aliphatic heterocycles. The van der Waals surface area contributed by atoms with Crippen molar-refractivity contribution in [2.24, 2.45) is 0 Å². The molecule has 0 N–H and O–H groups in total. The molecule has 0 saturated carbocycles. The van der Waals surface area contributed by atoms with Crippen molar-refractivity contribution in [3.8, 4) is 5.75 Å². The number of rotatable bonds is 6. The summed E-state index contributed by atoms with van der Waals surface area (Å²) in [5, 5.41) is 0.0795. The second-order valence-corrected chi connectivity index (χ2v) is 5.78. The van der Waals surface area contributed by atoms with Gasteiger partial charge in [-0.05, 0) is 34.5 Å². The van der Waals surface area contributed by atoms with Crippen molar-refractivity contribution in [1.82, 2.24) is 0 Å². The molecule has 0 saturated heterocycles. The molecule has 1 aromatic carbocycles. The van der Waals surface area contributed by atoms with Crippen LogP contribution in [0, 0.1) is 0 Å². The third-order valence-electron chi connectivity index (χ3n) is 2.05. The van der Waals surface area contributed by atoms with Crippen LogP contribution in [0.4, 0.5) is 0 Å². The van der Waals surface area contributed by atoms with E-state index < -0.39 is 0 Å². The van der Waals surface area contributed by atoms with E-state index in [2.05, 4.69) is 38.8 Å². The molecule has 84 valence electrons. The molecular formula is C12H16Br2O. The Balaban J connectivity index is 2.33. The third-order valence-corrected chi connectivity index (χ3v) is 3.44. The second-order valence-electron chi connectivity index (χ2n) is 3.46. The van der Waals surface area contributed by atoms with E-state index in [0.29, 0.717) is 4.83 Å². The van der Waals surface area contributed by atoms with Crippen LogP contribution in [0.15, 0.2) is 30.3 Å². The first kappa shape index (κ1) is 13.0. The first-order valence-electron chi connectivity index (χ1n) is 5.22. The Hall–Kier alpha value is -0.0200. The van der Waals surface area contributed by atoms with Gasteiger partial charge in [-0.15, -0.1) is 0 Å². The van der Waals surface area contributed by atoms with Crippen LogP contribution in [0.2, 0.25) is 0 Å². The molecule has 0 heterocycles. The molecule has 0 aliphatic rings. The van der Waals surface area contributed by atoms with E-state index >= 15 is 0 Å². The lowest BCUT2D eigenvalue weighted by Gasteiger charge is -2.16. The maximum Gasteiger partial charge on any atom is 0.154 e. The molecule has 1 aromatic rings. The molecule has 3 heteroatoms. The number of benzene rings is 1. The van der Waals surface area contributed by atoms with Gasteiger partial charge in [-0.1, -0.05) is 47.5 Å². The summed E-state index contributed by atoms with van der Waals surface area (Å²) in [6, 6.07) is 9.88. The van der Waals surface area contributed by atoms with Crippen molar-refractivity contribution < 1.29 is 4.74 Å². The Bertz CT molecular complexity index is 264. The standard InChI is InChI=1S/C12H16Br2O/c1-2-6-10(13)9-12(14)15-11-7-4-3-5-8-11/h3-5,7-8,10,12H,2,6,9H2,1H3. The van der Waals surface area contributed by atoms with Crippen LogP contribution in [0.1, 0.15) is 26.2 Å². The normalized spacial score (nSPS) is 14.6. The first-order chi connectivity index (χ1) is 7.22. The number of hydrogen-bond donors (Lipinski definition) is 0. The maximum atomic E-state index is 5.72.